The number of nitrogens with one attached hydrogen (secondary N) is 2. The molecule has 0 aliphatic heterocycles. The number of ether oxygens (including phenoxy) is 1. The van der Waals surface area contributed by atoms with E-state index in [1.165, 1.54) is 0 Å². The van der Waals surface area contributed by atoms with E-state index in [4.69, 9.17) is 4.74 Å². The summed E-state index contributed by atoms with van der Waals surface area (Å²) in [6, 6.07) is 13.5. The third-order valence-electron chi connectivity index (χ3n) is 4.09. The Morgan fingerprint density at radius 3 is 1.93 bits per heavy atom. The van der Waals surface area contributed by atoms with Crippen molar-refractivity contribution in [1.29, 1.82) is 0 Å². The number of hydrogen-bond donors (Lipinski definition) is 3. The largest absolute Gasteiger partial charge is 0.480 e. The van der Waals surface area contributed by atoms with Crippen molar-refractivity contribution < 1.29 is 24.2 Å². The van der Waals surface area contributed by atoms with Crippen molar-refractivity contribution in [3.63, 3.8) is 0 Å². The van der Waals surface area contributed by atoms with E-state index >= 15 is 0 Å². The monoisotopic (exact) mass is 398 g/mol. The van der Waals surface area contributed by atoms with Crippen LogP contribution in [0.1, 0.15) is 36.7 Å². The summed E-state index contributed by atoms with van der Waals surface area (Å²) >= 11 is 0. The molecule has 3 N–H and O–H groups in total. The van der Waals surface area contributed by atoms with E-state index in [0.29, 0.717) is 5.56 Å². The summed E-state index contributed by atoms with van der Waals surface area (Å²) in [5.74, 6) is -1.28. The summed E-state index contributed by atoms with van der Waals surface area (Å²) in [6.07, 6.45) is -0.637. The Bertz CT molecular complexity index is 868. The molecule has 2 aromatic carbocycles. The fraction of sp³-hybridized carbons (Fsp3) is 0.318. The molecule has 7 nitrogen and oxygen atoms in total. The highest BCUT2D eigenvalue weighted by Gasteiger charge is 2.24. The molecule has 0 saturated heterocycles. The molecular formula is C22H26N2O5. The van der Waals surface area contributed by atoms with E-state index in [1.54, 1.807) is 40.0 Å². The third-order valence-corrected chi connectivity index (χ3v) is 4.09. The summed E-state index contributed by atoms with van der Waals surface area (Å²) in [5, 5.41) is 14.4. The maximum atomic E-state index is 11.9. The fourth-order valence-corrected chi connectivity index (χ4v) is 2.68. The van der Waals surface area contributed by atoms with Crippen LogP contribution in [-0.4, -0.2) is 41.8 Å². The average molecular weight is 398 g/mol. The van der Waals surface area contributed by atoms with Crippen molar-refractivity contribution in [3.8, 4) is 11.1 Å². The number of carboxylic acid groups (broad SMARTS) is 1. The molecule has 0 aliphatic carbocycles. The summed E-state index contributed by atoms with van der Waals surface area (Å²) in [4.78, 5) is 35.0. The minimum Gasteiger partial charge on any atom is -0.480 e. The van der Waals surface area contributed by atoms with E-state index in [-0.39, 0.29) is 12.3 Å². The molecule has 0 heterocycles. The van der Waals surface area contributed by atoms with Gasteiger partial charge in [0.2, 0.25) is 0 Å². The van der Waals surface area contributed by atoms with Crippen LogP contribution in [-0.2, 0) is 16.0 Å². The molecular weight excluding hydrogens is 372 g/mol. The van der Waals surface area contributed by atoms with Crippen LogP contribution in [0.2, 0.25) is 0 Å². The Morgan fingerprint density at radius 1 is 0.966 bits per heavy atom. The minimum atomic E-state index is -1.13. The molecule has 0 fully saturated rings. The molecule has 0 saturated carbocycles. The van der Waals surface area contributed by atoms with Crippen LogP contribution in [0.4, 0.5) is 4.79 Å². The summed E-state index contributed by atoms with van der Waals surface area (Å²) in [5.41, 5.74) is 2.50. The van der Waals surface area contributed by atoms with Gasteiger partial charge < -0.3 is 20.5 Å². The number of carboxylic acids is 1. The van der Waals surface area contributed by atoms with Crippen LogP contribution >= 0.6 is 0 Å². The molecule has 1 atom stereocenters. The Kier molecular flexibility index (Phi) is 6.98. The van der Waals surface area contributed by atoms with Crippen LogP contribution in [0, 0.1) is 0 Å². The molecule has 0 spiro atoms. The first-order valence-electron chi connectivity index (χ1n) is 9.23. The number of amides is 2. The van der Waals surface area contributed by atoms with Gasteiger partial charge in [0.25, 0.3) is 5.91 Å². The van der Waals surface area contributed by atoms with Gasteiger partial charge in [-0.1, -0.05) is 36.4 Å². The number of alkyl carbamates (subject to hydrolysis) is 1. The van der Waals surface area contributed by atoms with E-state index in [1.807, 2.05) is 36.4 Å². The highest BCUT2D eigenvalue weighted by atomic mass is 16.6. The molecule has 154 valence electrons. The van der Waals surface area contributed by atoms with Gasteiger partial charge in [-0.25, -0.2) is 9.59 Å². The molecule has 7 heteroatoms. The number of carbonyl (C=O) groups is 3. The maximum Gasteiger partial charge on any atom is 0.408 e. The quantitative estimate of drug-likeness (QED) is 0.693. The van der Waals surface area contributed by atoms with Crippen LogP contribution in [0.5, 0.6) is 0 Å². The van der Waals surface area contributed by atoms with Gasteiger partial charge in [0.05, 0.1) is 0 Å². The lowest BCUT2D eigenvalue weighted by atomic mass is 10.00. The topological polar surface area (TPSA) is 105 Å². The molecule has 29 heavy (non-hydrogen) atoms. The Balaban J connectivity index is 2.07. The normalized spacial score (nSPS) is 12.0. The Labute approximate surface area is 170 Å². The number of hydrogen-bond acceptors (Lipinski definition) is 4. The van der Waals surface area contributed by atoms with Crippen molar-refractivity contribution in [2.45, 2.75) is 38.8 Å². The lowest BCUT2D eigenvalue weighted by Gasteiger charge is -2.22. The van der Waals surface area contributed by atoms with Gasteiger partial charge >= 0.3 is 12.1 Å². The predicted octanol–water partition coefficient (Wildman–Crippen LogP) is 3.23. The van der Waals surface area contributed by atoms with Crippen LogP contribution in [0.15, 0.2) is 48.5 Å². The molecule has 2 aromatic rings. The molecule has 0 radical (unpaired) electrons. The zero-order chi connectivity index (χ0) is 21.6. The molecule has 2 amide bonds. The van der Waals surface area contributed by atoms with Gasteiger partial charge in [-0.15, -0.1) is 0 Å². The highest BCUT2D eigenvalue weighted by molar-refractivity contribution is 5.94. The first-order chi connectivity index (χ1) is 13.6. The van der Waals surface area contributed by atoms with Gasteiger partial charge in [-0.2, -0.15) is 0 Å². The van der Waals surface area contributed by atoms with E-state index in [0.717, 1.165) is 16.7 Å². The number of aliphatic carboxylic acids is 1. The second-order valence-corrected chi connectivity index (χ2v) is 7.59. The van der Waals surface area contributed by atoms with Crippen molar-refractivity contribution in [2.75, 3.05) is 7.05 Å². The van der Waals surface area contributed by atoms with Crippen molar-refractivity contribution >= 4 is 18.0 Å². The number of benzene rings is 2. The number of carbonyl (C=O) groups excluding carboxylic acids is 2. The maximum absolute atomic E-state index is 11.9. The molecule has 0 aliphatic rings. The van der Waals surface area contributed by atoms with Crippen molar-refractivity contribution in [1.82, 2.24) is 10.6 Å². The van der Waals surface area contributed by atoms with E-state index in [2.05, 4.69) is 10.6 Å². The van der Waals surface area contributed by atoms with Crippen molar-refractivity contribution in [2.24, 2.45) is 0 Å². The van der Waals surface area contributed by atoms with Crippen LogP contribution < -0.4 is 10.6 Å². The Hall–Kier alpha value is -3.35. The van der Waals surface area contributed by atoms with E-state index < -0.39 is 23.7 Å². The fourth-order valence-electron chi connectivity index (χ4n) is 2.68. The smallest absolute Gasteiger partial charge is 0.408 e. The summed E-state index contributed by atoms with van der Waals surface area (Å²) < 4.78 is 5.13. The van der Waals surface area contributed by atoms with Gasteiger partial charge in [0, 0.05) is 19.0 Å². The van der Waals surface area contributed by atoms with E-state index in [9.17, 15) is 19.5 Å². The standard InChI is InChI=1S/C22H26N2O5/c1-22(2,3)29-21(28)24-18(20(26)27)13-14-5-7-15(8-6-14)16-9-11-17(12-10-16)19(25)23-4/h5-12,18H,13H2,1-4H3,(H,23,25)(H,24,28)(H,26,27). The Morgan fingerprint density at radius 2 is 1.48 bits per heavy atom. The molecule has 2 rings (SSSR count). The molecule has 0 bridgehead atoms. The molecule has 0 aromatic heterocycles. The van der Waals surface area contributed by atoms with Gasteiger partial charge in [0.15, 0.2) is 0 Å². The highest BCUT2D eigenvalue weighted by Crippen LogP contribution is 2.21. The first kappa shape index (κ1) is 21.9. The minimum absolute atomic E-state index is 0.129. The van der Waals surface area contributed by atoms with Gasteiger partial charge in [-0.3, -0.25) is 4.79 Å². The summed E-state index contributed by atoms with van der Waals surface area (Å²) in [6.45, 7) is 5.13. The number of rotatable bonds is 6. The second-order valence-electron chi connectivity index (χ2n) is 7.59. The van der Waals surface area contributed by atoms with Crippen LogP contribution in [0.3, 0.4) is 0 Å². The first-order valence-corrected chi connectivity index (χ1v) is 9.23. The third kappa shape index (κ3) is 6.64. The lowest BCUT2D eigenvalue weighted by molar-refractivity contribution is -0.139. The van der Waals surface area contributed by atoms with Gasteiger partial charge in [0.1, 0.15) is 11.6 Å². The second kappa shape index (κ2) is 9.23. The van der Waals surface area contributed by atoms with Crippen LogP contribution in [0.25, 0.3) is 11.1 Å². The zero-order valence-corrected chi connectivity index (χ0v) is 17.0. The SMILES string of the molecule is CNC(=O)c1ccc(-c2ccc(CC(NC(=O)OC(C)(C)C)C(=O)O)cc2)cc1. The van der Waals surface area contributed by atoms with Gasteiger partial charge in [-0.05, 0) is 49.6 Å². The predicted molar refractivity (Wildman–Crippen MR) is 110 cm³/mol. The lowest BCUT2D eigenvalue weighted by Crippen LogP contribution is -2.44. The zero-order valence-electron chi connectivity index (χ0n) is 17.0. The van der Waals surface area contributed by atoms with Crippen molar-refractivity contribution in [3.05, 3.63) is 59.7 Å². The molecule has 1 unspecified atom stereocenters. The summed E-state index contributed by atoms with van der Waals surface area (Å²) in [7, 11) is 1.58. The average Bonchev–Trinajstić information content (AvgIpc) is 2.66.